The molecule has 0 amide bonds. The summed E-state index contributed by atoms with van der Waals surface area (Å²) in [6.45, 7) is 4.56. The summed E-state index contributed by atoms with van der Waals surface area (Å²) in [5.41, 5.74) is 7.01. The van der Waals surface area contributed by atoms with Crippen LogP contribution in [-0.4, -0.2) is 16.7 Å². The molecule has 1 atom stereocenters. The lowest BCUT2D eigenvalue weighted by Gasteiger charge is -2.08. The van der Waals surface area contributed by atoms with Gasteiger partial charge >= 0.3 is 0 Å². The van der Waals surface area contributed by atoms with Crippen LogP contribution in [0.4, 0.5) is 0 Å². The van der Waals surface area contributed by atoms with Crippen molar-refractivity contribution in [1.29, 1.82) is 0 Å². The third-order valence-corrected chi connectivity index (χ3v) is 2.61. The van der Waals surface area contributed by atoms with Crippen LogP contribution >= 0.6 is 0 Å². The van der Waals surface area contributed by atoms with Crippen molar-refractivity contribution in [2.75, 3.05) is 6.61 Å². The molecular formula is C13H17N3O2. The molecule has 2 aromatic rings. The minimum atomic E-state index is -0.371. The average Bonchev–Trinajstić information content (AvgIpc) is 2.88. The highest BCUT2D eigenvalue weighted by Gasteiger charge is 2.15. The lowest BCUT2D eigenvalue weighted by atomic mass is 10.1. The first kappa shape index (κ1) is 12.6. The molecule has 0 aliphatic heterocycles. The van der Waals surface area contributed by atoms with Crippen molar-refractivity contribution in [1.82, 2.24) is 10.1 Å². The van der Waals surface area contributed by atoms with E-state index in [-0.39, 0.29) is 6.04 Å². The molecule has 1 heterocycles. The molecule has 0 aliphatic rings. The second-order valence-electron chi connectivity index (χ2n) is 3.88. The molecule has 96 valence electrons. The third-order valence-electron chi connectivity index (χ3n) is 2.61. The van der Waals surface area contributed by atoms with Crippen LogP contribution in [0.25, 0.3) is 0 Å². The highest BCUT2D eigenvalue weighted by molar-refractivity contribution is 5.31. The predicted octanol–water partition coefficient (Wildman–Crippen LogP) is 2.08. The van der Waals surface area contributed by atoms with E-state index in [9.17, 15) is 0 Å². The summed E-state index contributed by atoms with van der Waals surface area (Å²) < 4.78 is 10.4. The number of benzene rings is 1. The Bertz CT molecular complexity index is 493. The third kappa shape index (κ3) is 2.68. The van der Waals surface area contributed by atoms with Gasteiger partial charge in [-0.3, -0.25) is 0 Å². The zero-order chi connectivity index (χ0) is 13.0. The largest absolute Gasteiger partial charge is 0.494 e. The van der Waals surface area contributed by atoms with Gasteiger partial charge in [0.15, 0.2) is 5.82 Å². The van der Waals surface area contributed by atoms with E-state index in [0.717, 1.165) is 11.3 Å². The van der Waals surface area contributed by atoms with Crippen LogP contribution in [0.1, 0.15) is 37.2 Å². The Morgan fingerprint density at radius 3 is 2.56 bits per heavy atom. The van der Waals surface area contributed by atoms with Gasteiger partial charge in [0.2, 0.25) is 5.89 Å². The second kappa shape index (κ2) is 5.64. The Hall–Kier alpha value is -1.88. The highest BCUT2D eigenvalue weighted by atomic mass is 16.5. The molecule has 0 bridgehead atoms. The topological polar surface area (TPSA) is 74.2 Å². The molecule has 2 rings (SSSR count). The van der Waals surface area contributed by atoms with E-state index in [4.69, 9.17) is 15.0 Å². The zero-order valence-electron chi connectivity index (χ0n) is 10.6. The van der Waals surface area contributed by atoms with Crippen LogP contribution in [0, 0.1) is 0 Å². The quantitative estimate of drug-likeness (QED) is 0.875. The van der Waals surface area contributed by atoms with Gasteiger partial charge in [-0.2, -0.15) is 4.98 Å². The van der Waals surface area contributed by atoms with E-state index < -0.39 is 0 Å². The van der Waals surface area contributed by atoms with Crippen molar-refractivity contribution in [3.05, 3.63) is 41.5 Å². The van der Waals surface area contributed by atoms with Gasteiger partial charge < -0.3 is 15.0 Å². The molecule has 0 aliphatic carbocycles. The minimum absolute atomic E-state index is 0.371. The number of nitrogens with two attached hydrogens (primary N) is 1. The number of hydrogen-bond acceptors (Lipinski definition) is 5. The normalized spacial score (nSPS) is 12.4. The van der Waals surface area contributed by atoms with E-state index in [0.29, 0.717) is 24.7 Å². The first-order valence-electron chi connectivity index (χ1n) is 6.05. The minimum Gasteiger partial charge on any atom is -0.494 e. The number of hydrogen-bond donors (Lipinski definition) is 1. The maximum atomic E-state index is 6.08. The molecule has 1 aromatic heterocycles. The van der Waals surface area contributed by atoms with E-state index in [1.54, 1.807) is 0 Å². The summed E-state index contributed by atoms with van der Waals surface area (Å²) in [5, 5.41) is 3.88. The van der Waals surface area contributed by atoms with Gasteiger partial charge in [-0.1, -0.05) is 24.2 Å². The monoisotopic (exact) mass is 247 g/mol. The molecule has 1 aromatic carbocycles. The molecular weight excluding hydrogens is 230 g/mol. The van der Waals surface area contributed by atoms with Gasteiger partial charge in [0.05, 0.1) is 12.6 Å². The lowest BCUT2D eigenvalue weighted by molar-refractivity contribution is 0.340. The summed E-state index contributed by atoms with van der Waals surface area (Å²) in [7, 11) is 0. The van der Waals surface area contributed by atoms with E-state index in [2.05, 4.69) is 10.1 Å². The number of rotatable bonds is 5. The van der Waals surface area contributed by atoms with Crippen LogP contribution < -0.4 is 10.5 Å². The SMILES string of the molecule is CCOc1ccc(C(N)c2noc(CC)n2)cc1. The lowest BCUT2D eigenvalue weighted by Crippen LogP contribution is -2.13. The molecule has 5 nitrogen and oxygen atoms in total. The fourth-order valence-electron chi connectivity index (χ4n) is 1.63. The van der Waals surface area contributed by atoms with Crippen molar-refractivity contribution in [2.45, 2.75) is 26.3 Å². The first-order chi connectivity index (χ1) is 8.74. The summed E-state index contributed by atoms with van der Waals surface area (Å²) in [4.78, 5) is 4.23. The van der Waals surface area contributed by atoms with Crippen molar-refractivity contribution < 1.29 is 9.26 Å². The number of ether oxygens (including phenoxy) is 1. The van der Waals surface area contributed by atoms with Crippen LogP contribution in [0.5, 0.6) is 5.75 Å². The Balaban J connectivity index is 2.14. The van der Waals surface area contributed by atoms with Crippen molar-refractivity contribution >= 4 is 0 Å². The van der Waals surface area contributed by atoms with Gasteiger partial charge in [0.25, 0.3) is 0 Å². The van der Waals surface area contributed by atoms with Crippen LogP contribution in [-0.2, 0) is 6.42 Å². The summed E-state index contributed by atoms with van der Waals surface area (Å²) in [6.07, 6.45) is 0.711. The maximum Gasteiger partial charge on any atom is 0.226 e. The van der Waals surface area contributed by atoms with Gasteiger partial charge in [0.1, 0.15) is 5.75 Å². The van der Waals surface area contributed by atoms with Crippen LogP contribution in [0.2, 0.25) is 0 Å². The molecule has 0 saturated heterocycles. The van der Waals surface area contributed by atoms with Gasteiger partial charge in [0, 0.05) is 6.42 Å². The van der Waals surface area contributed by atoms with E-state index in [1.165, 1.54) is 0 Å². The van der Waals surface area contributed by atoms with Crippen molar-refractivity contribution in [3.63, 3.8) is 0 Å². The van der Waals surface area contributed by atoms with Crippen molar-refractivity contribution in [3.8, 4) is 5.75 Å². The van der Waals surface area contributed by atoms with Crippen LogP contribution in [0.3, 0.4) is 0 Å². The van der Waals surface area contributed by atoms with Crippen molar-refractivity contribution in [2.24, 2.45) is 5.73 Å². The molecule has 1 unspecified atom stereocenters. The molecule has 18 heavy (non-hydrogen) atoms. The molecule has 0 spiro atoms. The van der Waals surface area contributed by atoms with E-state index >= 15 is 0 Å². The number of aryl methyl sites for hydroxylation is 1. The Labute approximate surface area is 106 Å². The Morgan fingerprint density at radius 1 is 1.28 bits per heavy atom. The fraction of sp³-hybridized carbons (Fsp3) is 0.385. The first-order valence-corrected chi connectivity index (χ1v) is 6.05. The summed E-state index contributed by atoms with van der Waals surface area (Å²) in [6, 6.07) is 7.23. The van der Waals surface area contributed by atoms with Gasteiger partial charge in [-0.25, -0.2) is 0 Å². The van der Waals surface area contributed by atoms with Gasteiger partial charge in [-0.05, 0) is 24.6 Å². The number of nitrogens with zero attached hydrogens (tertiary/aromatic N) is 2. The molecule has 0 fully saturated rings. The maximum absolute atomic E-state index is 6.08. The fourth-order valence-corrected chi connectivity index (χ4v) is 1.63. The predicted molar refractivity (Wildman–Crippen MR) is 67.3 cm³/mol. The van der Waals surface area contributed by atoms with E-state index in [1.807, 2.05) is 38.1 Å². The second-order valence-corrected chi connectivity index (χ2v) is 3.88. The molecule has 0 radical (unpaired) electrons. The Morgan fingerprint density at radius 2 is 2.00 bits per heavy atom. The Kier molecular flexibility index (Phi) is 3.94. The summed E-state index contributed by atoms with van der Waals surface area (Å²) >= 11 is 0. The zero-order valence-corrected chi connectivity index (χ0v) is 10.6. The van der Waals surface area contributed by atoms with Gasteiger partial charge in [-0.15, -0.1) is 0 Å². The summed E-state index contributed by atoms with van der Waals surface area (Å²) in [5.74, 6) is 1.94. The average molecular weight is 247 g/mol. The number of aromatic nitrogens is 2. The van der Waals surface area contributed by atoms with Crippen LogP contribution in [0.15, 0.2) is 28.8 Å². The molecule has 2 N–H and O–H groups in total. The standard InChI is InChI=1S/C13H17N3O2/c1-3-11-15-13(16-18-11)12(14)9-5-7-10(8-6-9)17-4-2/h5-8,12H,3-4,14H2,1-2H3. The molecule has 5 heteroatoms. The smallest absolute Gasteiger partial charge is 0.226 e. The molecule has 0 saturated carbocycles. The highest BCUT2D eigenvalue weighted by Crippen LogP contribution is 2.20.